The lowest BCUT2D eigenvalue weighted by atomic mass is 10.1. The van der Waals surface area contributed by atoms with Crippen molar-refractivity contribution in [1.82, 2.24) is 10.5 Å². The molecule has 0 fully saturated rings. The van der Waals surface area contributed by atoms with Crippen LogP contribution in [0.1, 0.15) is 17.3 Å². The Morgan fingerprint density at radius 2 is 1.81 bits per heavy atom. The highest BCUT2D eigenvalue weighted by Crippen LogP contribution is 2.21. The van der Waals surface area contributed by atoms with Crippen molar-refractivity contribution in [2.45, 2.75) is 12.5 Å². The van der Waals surface area contributed by atoms with Crippen LogP contribution in [-0.4, -0.2) is 22.1 Å². The zero-order chi connectivity index (χ0) is 18.5. The molecule has 132 valence electrons. The predicted octanol–water partition coefficient (Wildman–Crippen LogP) is 2.97. The van der Waals surface area contributed by atoms with Gasteiger partial charge in [0.15, 0.2) is 11.8 Å². The van der Waals surface area contributed by atoms with Crippen molar-refractivity contribution in [3.8, 4) is 11.3 Å². The van der Waals surface area contributed by atoms with E-state index in [-0.39, 0.29) is 12.0 Å². The van der Waals surface area contributed by atoms with Crippen molar-refractivity contribution in [2.75, 3.05) is 0 Å². The molecule has 0 spiro atoms. The first-order valence-electron chi connectivity index (χ1n) is 7.82. The fraction of sp³-hybridized carbons (Fsp3) is 0.105. The van der Waals surface area contributed by atoms with Crippen LogP contribution in [0.15, 0.2) is 65.2 Å². The molecule has 1 heterocycles. The highest BCUT2D eigenvalue weighted by molar-refractivity contribution is 5.85. The van der Waals surface area contributed by atoms with Gasteiger partial charge in [0.05, 0.1) is 12.1 Å². The lowest BCUT2D eigenvalue weighted by molar-refractivity contribution is -0.142. The summed E-state index contributed by atoms with van der Waals surface area (Å²) in [6.07, 6.45) is -0.186. The second-order valence-electron chi connectivity index (χ2n) is 5.59. The van der Waals surface area contributed by atoms with E-state index in [9.17, 15) is 19.1 Å². The molecular formula is C19H15FN2O4. The van der Waals surface area contributed by atoms with Gasteiger partial charge in [-0.3, -0.25) is 4.79 Å². The molecule has 6 nitrogen and oxygen atoms in total. The van der Waals surface area contributed by atoms with Crippen molar-refractivity contribution in [1.29, 1.82) is 0 Å². The highest BCUT2D eigenvalue weighted by atomic mass is 19.1. The molecule has 0 aliphatic heterocycles. The van der Waals surface area contributed by atoms with Gasteiger partial charge in [-0.2, -0.15) is 0 Å². The summed E-state index contributed by atoms with van der Waals surface area (Å²) in [6.45, 7) is 0. The number of nitrogens with one attached hydrogen (secondary N) is 1. The summed E-state index contributed by atoms with van der Waals surface area (Å²) in [5.74, 6) is -2.16. The fourth-order valence-corrected chi connectivity index (χ4v) is 2.49. The SMILES string of the molecule is O=C(Cc1cc(-c2ccccc2)on1)N[C@H](C(=O)O)c1ccccc1F. The molecule has 1 aromatic heterocycles. The first-order chi connectivity index (χ1) is 12.5. The van der Waals surface area contributed by atoms with Crippen LogP contribution >= 0.6 is 0 Å². The minimum atomic E-state index is -1.48. The van der Waals surface area contributed by atoms with E-state index in [0.29, 0.717) is 11.5 Å². The average Bonchev–Trinajstić information content (AvgIpc) is 3.09. The number of hydrogen-bond donors (Lipinski definition) is 2. The maximum atomic E-state index is 13.8. The quantitative estimate of drug-likeness (QED) is 0.710. The van der Waals surface area contributed by atoms with Crippen LogP contribution < -0.4 is 5.32 Å². The van der Waals surface area contributed by atoms with Gasteiger partial charge in [-0.1, -0.05) is 53.7 Å². The van der Waals surface area contributed by atoms with Gasteiger partial charge >= 0.3 is 5.97 Å². The standard InChI is InChI=1S/C19H15FN2O4/c20-15-9-5-4-8-14(15)18(19(24)25)21-17(23)11-13-10-16(26-22-13)12-6-2-1-3-7-12/h1-10,18H,11H2,(H,21,23)(H,24,25)/t18-/m0/s1. The van der Waals surface area contributed by atoms with Crippen LogP contribution in [0.5, 0.6) is 0 Å². The fourth-order valence-electron chi connectivity index (χ4n) is 2.49. The van der Waals surface area contributed by atoms with E-state index < -0.39 is 23.7 Å². The Balaban J connectivity index is 1.71. The van der Waals surface area contributed by atoms with Crippen LogP contribution in [0.2, 0.25) is 0 Å². The Bertz CT molecular complexity index is 924. The number of halogens is 1. The first kappa shape index (κ1) is 17.3. The molecule has 0 saturated carbocycles. The van der Waals surface area contributed by atoms with Crippen LogP contribution in [-0.2, 0) is 16.0 Å². The molecule has 2 N–H and O–H groups in total. The number of rotatable bonds is 6. The summed E-state index contributed by atoms with van der Waals surface area (Å²) < 4.78 is 19.0. The van der Waals surface area contributed by atoms with E-state index in [2.05, 4.69) is 10.5 Å². The molecule has 7 heteroatoms. The van der Waals surface area contributed by atoms with Gasteiger partial charge in [0.25, 0.3) is 0 Å². The third-order valence-corrected chi connectivity index (χ3v) is 3.73. The summed E-state index contributed by atoms with van der Waals surface area (Å²) in [5.41, 5.74) is 1.04. The minimum Gasteiger partial charge on any atom is -0.479 e. The maximum Gasteiger partial charge on any atom is 0.331 e. The summed E-state index contributed by atoms with van der Waals surface area (Å²) >= 11 is 0. The molecule has 3 rings (SSSR count). The summed E-state index contributed by atoms with van der Waals surface area (Å²) in [6, 6.07) is 14.8. The highest BCUT2D eigenvalue weighted by Gasteiger charge is 2.25. The maximum absolute atomic E-state index is 13.8. The van der Waals surface area contributed by atoms with Crippen molar-refractivity contribution < 1.29 is 23.6 Å². The monoisotopic (exact) mass is 354 g/mol. The number of nitrogens with zero attached hydrogens (tertiary/aromatic N) is 1. The van der Waals surface area contributed by atoms with Crippen LogP contribution in [0, 0.1) is 5.82 Å². The molecule has 0 aliphatic carbocycles. The second kappa shape index (κ2) is 7.60. The molecule has 1 amide bonds. The lowest BCUT2D eigenvalue weighted by Gasteiger charge is -2.15. The van der Waals surface area contributed by atoms with E-state index >= 15 is 0 Å². The molecule has 26 heavy (non-hydrogen) atoms. The average molecular weight is 354 g/mol. The summed E-state index contributed by atoms with van der Waals surface area (Å²) in [5, 5.41) is 15.4. The molecule has 0 aliphatic rings. The minimum absolute atomic E-state index is 0.113. The van der Waals surface area contributed by atoms with E-state index in [1.165, 1.54) is 18.2 Å². The zero-order valence-corrected chi connectivity index (χ0v) is 13.6. The van der Waals surface area contributed by atoms with E-state index in [0.717, 1.165) is 11.6 Å². The van der Waals surface area contributed by atoms with Crippen LogP contribution in [0.25, 0.3) is 11.3 Å². The number of benzene rings is 2. The topological polar surface area (TPSA) is 92.4 Å². The molecule has 0 unspecified atom stereocenters. The number of aliphatic carboxylic acids is 1. The third-order valence-electron chi connectivity index (χ3n) is 3.73. The Labute approximate surface area is 148 Å². The number of amides is 1. The Kier molecular flexibility index (Phi) is 5.07. The smallest absolute Gasteiger partial charge is 0.331 e. The van der Waals surface area contributed by atoms with Crippen molar-refractivity contribution in [3.05, 3.63) is 77.7 Å². The first-order valence-corrected chi connectivity index (χ1v) is 7.82. The number of aromatic nitrogens is 1. The van der Waals surface area contributed by atoms with E-state index in [1.807, 2.05) is 30.3 Å². The van der Waals surface area contributed by atoms with Gasteiger partial charge in [-0.25, -0.2) is 9.18 Å². The number of hydrogen-bond acceptors (Lipinski definition) is 4. The van der Waals surface area contributed by atoms with Crippen molar-refractivity contribution in [3.63, 3.8) is 0 Å². The van der Waals surface area contributed by atoms with E-state index in [4.69, 9.17) is 4.52 Å². The van der Waals surface area contributed by atoms with Gasteiger partial charge in [0.1, 0.15) is 5.82 Å². The van der Waals surface area contributed by atoms with Gasteiger partial charge in [-0.05, 0) is 6.07 Å². The Morgan fingerprint density at radius 3 is 2.50 bits per heavy atom. The molecule has 0 radical (unpaired) electrons. The van der Waals surface area contributed by atoms with Gasteiger partial charge < -0.3 is 14.9 Å². The van der Waals surface area contributed by atoms with Gasteiger partial charge in [0, 0.05) is 17.2 Å². The number of carboxylic acid groups (broad SMARTS) is 1. The lowest BCUT2D eigenvalue weighted by Crippen LogP contribution is -2.35. The van der Waals surface area contributed by atoms with Crippen LogP contribution in [0.3, 0.4) is 0 Å². The second-order valence-corrected chi connectivity index (χ2v) is 5.59. The number of carboxylic acids is 1. The molecule has 3 aromatic rings. The molecule has 0 saturated heterocycles. The van der Waals surface area contributed by atoms with Gasteiger partial charge in [-0.15, -0.1) is 0 Å². The number of carbonyl (C=O) groups excluding carboxylic acids is 1. The van der Waals surface area contributed by atoms with Crippen molar-refractivity contribution >= 4 is 11.9 Å². The van der Waals surface area contributed by atoms with E-state index in [1.54, 1.807) is 6.07 Å². The normalized spacial score (nSPS) is 11.7. The molecule has 0 bridgehead atoms. The summed E-state index contributed by atoms with van der Waals surface area (Å²) in [7, 11) is 0. The Morgan fingerprint density at radius 1 is 1.12 bits per heavy atom. The number of carbonyl (C=O) groups is 2. The van der Waals surface area contributed by atoms with Crippen LogP contribution in [0.4, 0.5) is 4.39 Å². The van der Waals surface area contributed by atoms with Gasteiger partial charge in [0.2, 0.25) is 5.91 Å². The molecular weight excluding hydrogens is 339 g/mol. The summed E-state index contributed by atoms with van der Waals surface area (Å²) in [4.78, 5) is 23.6. The van der Waals surface area contributed by atoms with Crippen molar-refractivity contribution in [2.24, 2.45) is 0 Å². The third kappa shape index (κ3) is 3.94. The predicted molar refractivity (Wildman–Crippen MR) is 90.6 cm³/mol. The molecule has 1 atom stereocenters. The molecule has 2 aromatic carbocycles. The largest absolute Gasteiger partial charge is 0.479 e. The Hall–Kier alpha value is -3.48. The zero-order valence-electron chi connectivity index (χ0n) is 13.6.